The van der Waals surface area contributed by atoms with Crippen molar-refractivity contribution in [2.24, 2.45) is 0 Å². The zero-order valence-electron chi connectivity index (χ0n) is 9.84. The largest absolute Gasteiger partial charge is 0.338 e. The fourth-order valence-electron chi connectivity index (χ4n) is 1.58. The third kappa shape index (κ3) is 2.93. The van der Waals surface area contributed by atoms with Crippen molar-refractivity contribution in [1.29, 1.82) is 5.26 Å². The van der Waals surface area contributed by atoms with E-state index >= 15 is 0 Å². The number of nitrogens with one attached hydrogen (secondary N) is 1. The minimum atomic E-state index is 0.153. The molecular weight excluding hydrogens is 305 g/mol. The van der Waals surface area contributed by atoms with Gasteiger partial charge in [0, 0.05) is 0 Å². The van der Waals surface area contributed by atoms with Crippen LogP contribution in [0, 0.1) is 18.3 Å². The summed E-state index contributed by atoms with van der Waals surface area (Å²) in [5.74, 6) is 0.359. The van der Waals surface area contributed by atoms with E-state index in [2.05, 4.69) is 16.4 Å². The Morgan fingerprint density at radius 3 is 2.63 bits per heavy atom. The molecule has 2 rings (SSSR count). The monoisotopic (exact) mass is 311 g/mol. The van der Waals surface area contributed by atoms with Gasteiger partial charge >= 0.3 is 0 Å². The van der Waals surface area contributed by atoms with E-state index in [1.807, 2.05) is 19.1 Å². The second kappa shape index (κ2) is 5.66. The summed E-state index contributed by atoms with van der Waals surface area (Å²) in [5, 5.41) is 12.9. The second-order valence-electron chi connectivity index (χ2n) is 3.83. The molecule has 6 heteroatoms. The van der Waals surface area contributed by atoms with Gasteiger partial charge in [0.1, 0.15) is 11.2 Å². The van der Waals surface area contributed by atoms with Crippen molar-refractivity contribution in [3.63, 3.8) is 0 Å². The summed E-state index contributed by atoms with van der Waals surface area (Å²) >= 11 is 17.7. The van der Waals surface area contributed by atoms with Crippen LogP contribution in [0.25, 0.3) is 0 Å². The molecule has 0 radical (unpaired) electrons. The molecule has 0 saturated heterocycles. The van der Waals surface area contributed by atoms with Crippen molar-refractivity contribution in [3.8, 4) is 6.07 Å². The average molecular weight is 313 g/mol. The lowest BCUT2D eigenvalue weighted by Gasteiger charge is -2.11. The Labute approximate surface area is 125 Å². The predicted octanol–water partition coefficient (Wildman–Crippen LogP) is 4.97. The lowest BCUT2D eigenvalue weighted by Crippen LogP contribution is -1.98. The summed E-state index contributed by atoms with van der Waals surface area (Å²) in [6.07, 6.45) is 0. The molecule has 0 saturated carbocycles. The summed E-state index contributed by atoms with van der Waals surface area (Å²) < 4.78 is 0. The lowest BCUT2D eigenvalue weighted by molar-refractivity contribution is 1.29. The van der Waals surface area contributed by atoms with Gasteiger partial charge in [-0.3, -0.25) is 0 Å². The Bertz CT molecular complexity index is 678. The van der Waals surface area contributed by atoms with Crippen molar-refractivity contribution in [2.75, 3.05) is 5.32 Å². The van der Waals surface area contributed by atoms with Crippen molar-refractivity contribution in [1.82, 2.24) is 4.98 Å². The maximum Gasteiger partial charge on any atom is 0.151 e. The first kappa shape index (κ1) is 14.0. The number of aromatic nitrogens is 1. The Kier molecular flexibility index (Phi) is 4.16. The molecule has 96 valence electrons. The first-order valence-electron chi connectivity index (χ1n) is 5.31. The van der Waals surface area contributed by atoms with Crippen LogP contribution >= 0.6 is 34.8 Å². The third-order valence-corrected chi connectivity index (χ3v) is 3.49. The van der Waals surface area contributed by atoms with Gasteiger partial charge in [0.2, 0.25) is 0 Å². The first-order chi connectivity index (χ1) is 9.02. The van der Waals surface area contributed by atoms with Gasteiger partial charge in [0.15, 0.2) is 5.82 Å². The molecule has 0 atom stereocenters. The highest BCUT2D eigenvalue weighted by molar-refractivity contribution is 6.43. The van der Waals surface area contributed by atoms with Gasteiger partial charge < -0.3 is 5.32 Å². The molecule has 0 unspecified atom stereocenters. The number of benzene rings is 1. The van der Waals surface area contributed by atoms with Crippen LogP contribution in [-0.2, 0) is 0 Å². The molecule has 0 amide bonds. The molecule has 0 spiro atoms. The van der Waals surface area contributed by atoms with Gasteiger partial charge in [-0.1, -0.05) is 46.9 Å². The highest BCUT2D eigenvalue weighted by Gasteiger charge is 2.11. The Balaban J connectivity index is 2.45. The van der Waals surface area contributed by atoms with Crippen molar-refractivity contribution < 1.29 is 0 Å². The lowest BCUT2D eigenvalue weighted by atomic mass is 10.1. The molecule has 1 N–H and O–H groups in total. The standard InChI is InChI=1S/C13H8Cl3N3/c1-7-3-2-4-11(8(7)6-17)18-13-10(15)5-9(14)12(16)19-13/h2-5H,1H3,(H,18,19). The number of nitriles is 1. The average Bonchev–Trinajstić information content (AvgIpc) is 2.36. The Morgan fingerprint density at radius 1 is 1.21 bits per heavy atom. The maximum atomic E-state index is 9.15. The minimum Gasteiger partial charge on any atom is -0.338 e. The van der Waals surface area contributed by atoms with E-state index < -0.39 is 0 Å². The van der Waals surface area contributed by atoms with Crippen molar-refractivity contribution in [2.45, 2.75) is 6.92 Å². The first-order valence-corrected chi connectivity index (χ1v) is 6.44. The summed E-state index contributed by atoms with van der Waals surface area (Å²) in [7, 11) is 0. The van der Waals surface area contributed by atoms with Gasteiger partial charge in [-0.2, -0.15) is 5.26 Å². The number of aryl methyl sites for hydroxylation is 1. The van der Waals surface area contributed by atoms with Crippen LogP contribution in [0.15, 0.2) is 24.3 Å². The van der Waals surface area contributed by atoms with Crippen LogP contribution in [-0.4, -0.2) is 4.98 Å². The van der Waals surface area contributed by atoms with Gasteiger partial charge in [0.05, 0.1) is 21.3 Å². The maximum absolute atomic E-state index is 9.15. The quantitative estimate of drug-likeness (QED) is 0.797. The van der Waals surface area contributed by atoms with Crippen LogP contribution in [0.4, 0.5) is 11.5 Å². The molecule has 19 heavy (non-hydrogen) atoms. The van der Waals surface area contributed by atoms with E-state index in [1.165, 1.54) is 6.07 Å². The van der Waals surface area contributed by atoms with Crippen LogP contribution in [0.5, 0.6) is 0 Å². The molecule has 2 aromatic rings. The van der Waals surface area contributed by atoms with E-state index in [0.29, 0.717) is 22.1 Å². The Hall–Kier alpha value is -1.47. The number of nitrogens with zero attached hydrogens (tertiary/aromatic N) is 2. The summed E-state index contributed by atoms with van der Waals surface area (Å²) in [6.45, 7) is 1.85. The molecule has 3 nitrogen and oxygen atoms in total. The third-order valence-electron chi connectivity index (χ3n) is 2.52. The van der Waals surface area contributed by atoms with Crippen molar-refractivity contribution in [3.05, 3.63) is 50.6 Å². The number of halogens is 3. The molecule has 0 aliphatic heterocycles. The number of rotatable bonds is 2. The van der Waals surface area contributed by atoms with Crippen molar-refractivity contribution >= 4 is 46.3 Å². The van der Waals surface area contributed by atoms with Gasteiger partial charge in [0.25, 0.3) is 0 Å². The highest BCUT2D eigenvalue weighted by atomic mass is 35.5. The zero-order chi connectivity index (χ0) is 14.0. The second-order valence-corrected chi connectivity index (χ2v) is 5.00. The molecule has 0 fully saturated rings. The van der Waals surface area contributed by atoms with E-state index in [9.17, 15) is 0 Å². The molecule has 1 aromatic carbocycles. The van der Waals surface area contributed by atoms with Gasteiger partial charge in [-0.15, -0.1) is 0 Å². The molecule has 0 aliphatic carbocycles. The summed E-state index contributed by atoms with van der Waals surface area (Å²) in [6, 6.07) is 9.10. The normalized spacial score (nSPS) is 10.1. The molecule has 1 aromatic heterocycles. The van der Waals surface area contributed by atoms with Crippen LogP contribution in [0.2, 0.25) is 15.2 Å². The van der Waals surface area contributed by atoms with E-state index in [1.54, 1.807) is 6.07 Å². The molecule has 0 bridgehead atoms. The Morgan fingerprint density at radius 2 is 1.95 bits per heavy atom. The van der Waals surface area contributed by atoms with E-state index in [4.69, 9.17) is 40.1 Å². The number of pyridine rings is 1. The van der Waals surface area contributed by atoms with Crippen LogP contribution in [0.1, 0.15) is 11.1 Å². The summed E-state index contributed by atoms with van der Waals surface area (Å²) in [5.41, 5.74) is 2.02. The van der Waals surface area contributed by atoms with Gasteiger partial charge in [-0.25, -0.2) is 4.98 Å². The molecule has 0 aliphatic rings. The van der Waals surface area contributed by atoms with E-state index in [-0.39, 0.29) is 10.2 Å². The number of hydrogen-bond donors (Lipinski definition) is 1. The fraction of sp³-hybridized carbons (Fsp3) is 0.0769. The fourth-order valence-corrected chi connectivity index (χ4v) is 2.12. The smallest absolute Gasteiger partial charge is 0.151 e. The number of anilines is 2. The molecule has 1 heterocycles. The molecular formula is C13H8Cl3N3. The zero-order valence-corrected chi connectivity index (χ0v) is 12.1. The van der Waals surface area contributed by atoms with Gasteiger partial charge in [-0.05, 0) is 24.6 Å². The minimum absolute atomic E-state index is 0.153. The summed E-state index contributed by atoms with van der Waals surface area (Å²) in [4.78, 5) is 4.05. The SMILES string of the molecule is Cc1cccc(Nc2nc(Cl)c(Cl)cc2Cl)c1C#N. The van der Waals surface area contributed by atoms with Crippen LogP contribution in [0.3, 0.4) is 0 Å². The topological polar surface area (TPSA) is 48.7 Å². The predicted molar refractivity (Wildman–Crippen MR) is 78.4 cm³/mol. The van der Waals surface area contributed by atoms with Crippen LogP contribution < -0.4 is 5.32 Å². The number of hydrogen-bond acceptors (Lipinski definition) is 3. The highest BCUT2D eigenvalue weighted by Crippen LogP contribution is 2.31. The van der Waals surface area contributed by atoms with E-state index in [0.717, 1.165) is 5.56 Å².